The van der Waals surface area contributed by atoms with Gasteiger partial charge in [0.25, 0.3) is 0 Å². The average molecular weight is 312 g/mol. The van der Waals surface area contributed by atoms with Crippen LogP contribution in [0.1, 0.15) is 25.3 Å². The van der Waals surface area contributed by atoms with Gasteiger partial charge in [-0.05, 0) is 30.0 Å². The molecule has 0 spiro atoms. The van der Waals surface area contributed by atoms with Gasteiger partial charge in [0.05, 0.1) is 11.6 Å². The second kappa shape index (κ2) is 8.06. The molecule has 120 valence electrons. The quantitative estimate of drug-likeness (QED) is 0.508. The first-order valence-electron chi connectivity index (χ1n) is 7.61. The van der Waals surface area contributed by atoms with Crippen LogP contribution < -0.4 is 0 Å². The van der Waals surface area contributed by atoms with E-state index in [0.29, 0.717) is 25.9 Å². The first-order chi connectivity index (χ1) is 11.1. The summed E-state index contributed by atoms with van der Waals surface area (Å²) >= 11 is 0. The summed E-state index contributed by atoms with van der Waals surface area (Å²) in [5, 5.41) is 13.3. The molecule has 23 heavy (non-hydrogen) atoms. The zero-order valence-electron chi connectivity index (χ0n) is 13.1. The smallest absolute Gasteiger partial charge is 0.337 e. The third-order valence-corrected chi connectivity index (χ3v) is 3.86. The predicted molar refractivity (Wildman–Crippen MR) is 88.5 cm³/mol. The number of carboxylic acid groups (broad SMARTS) is 1. The number of carbonyl (C=O) groups is 1. The molecular formula is C17H20N4O2. The highest BCUT2D eigenvalue weighted by molar-refractivity contribution is 5.90. The summed E-state index contributed by atoms with van der Waals surface area (Å²) in [5.74, 6) is -0.976. The highest BCUT2D eigenvalue weighted by atomic mass is 16.4. The maximum atomic E-state index is 11.5. The molecule has 0 saturated heterocycles. The van der Waals surface area contributed by atoms with Gasteiger partial charge in [-0.3, -0.25) is 0 Å². The van der Waals surface area contributed by atoms with Crippen molar-refractivity contribution in [3.05, 3.63) is 69.8 Å². The zero-order chi connectivity index (χ0) is 16.7. The lowest BCUT2D eigenvalue weighted by Gasteiger charge is -2.26. The number of benzene rings is 1. The van der Waals surface area contributed by atoms with E-state index in [2.05, 4.69) is 10.0 Å². The summed E-state index contributed by atoms with van der Waals surface area (Å²) in [4.78, 5) is 16.4. The van der Waals surface area contributed by atoms with Gasteiger partial charge < -0.3 is 10.0 Å². The molecule has 1 atom stereocenters. The third kappa shape index (κ3) is 4.63. The van der Waals surface area contributed by atoms with Gasteiger partial charge in [-0.15, -0.1) is 0 Å². The van der Waals surface area contributed by atoms with E-state index in [4.69, 9.17) is 5.53 Å². The van der Waals surface area contributed by atoms with Crippen molar-refractivity contribution in [2.75, 3.05) is 6.54 Å². The van der Waals surface area contributed by atoms with Crippen LogP contribution in [0.4, 0.5) is 0 Å². The number of rotatable bonds is 5. The van der Waals surface area contributed by atoms with Crippen molar-refractivity contribution in [1.82, 2.24) is 4.90 Å². The second-order valence-electron chi connectivity index (χ2n) is 5.43. The first-order valence-corrected chi connectivity index (χ1v) is 7.61. The molecule has 1 N–H and O–H groups in total. The van der Waals surface area contributed by atoms with E-state index in [0.717, 1.165) is 11.1 Å². The zero-order valence-corrected chi connectivity index (χ0v) is 13.1. The lowest BCUT2D eigenvalue weighted by atomic mass is 9.97. The van der Waals surface area contributed by atoms with Crippen molar-refractivity contribution in [3.63, 3.8) is 0 Å². The minimum absolute atomic E-state index is 0.218. The van der Waals surface area contributed by atoms with Crippen molar-refractivity contribution in [2.45, 2.75) is 32.4 Å². The molecule has 1 aromatic carbocycles. The van der Waals surface area contributed by atoms with Gasteiger partial charge in [0.2, 0.25) is 0 Å². The molecule has 0 fully saturated rings. The van der Waals surface area contributed by atoms with Crippen LogP contribution in [-0.4, -0.2) is 28.6 Å². The van der Waals surface area contributed by atoms with Crippen LogP contribution in [-0.2, 0) is 11.3 Å². The van der Waals surface area contributed by atoms with Gasteiger partial charge >= 0.3 is 5.97 Å². The molecule has 0 aliphatic carbocycles. The number of azide groups is 1. The average Bonchev–Trinajstić information content (AvgIpc) is 2.54. The molecule has 0 aromatic heterocycles. The Morgan fingerprint density at radius 2 is 2.17 bits per heavy atom. The Kier molecular flexibility index (Phi) is 5.83. The Morgan fingerprint density at radius 1 is 1.43 bits per heavy atom. The molecule has 0 amide bonds. The number of hydrogen-bond acceptors (Lipinski definition) is 3. The summed E-state index contributed by atoms with van der Waals surface area (Å²) in [6.45, 7) is 3.19. The van der Waals surface area contributed by atoms with Crippen LogP contribution in [0.5, 0.6) is 0 Å². The van der Waals surface area contributed by atoms with Gasteiger partial charge in [-0.2, -0.15) is 0 Å². The molecule has 6 heteroatoms. The Morgan fingerprint density at radius 3 is 2.78 bits per heavy atom. The maximum Gasteiger partial charge on any atom is 0.337 e. The van der Waals surface area contributed by atoms with Gasteiger partial charge in [0, 0.05) is 24.2 Å². The summed E-state index contributed by atoms with van der Waals surface area (Å²) < 4.78 is 0. The monoisotopic (exact) mass is 312 g/mol. The number of nitrogens with zero attached hydrogens (tertiary/aromatic N) is 4. The van der Waals surface area contributed by atoms with Crippen molar-refractivity contribution in [3.8, 4) is 0 Å². The van der Waals surface area contributed by atoms with E-state index in [-0.39, 0.29) is 11.6 Å². The van der Waals surface area contributed by atoms with Crippen LogP contribution in [0.2, 0.25) is 0 Å². The molecule has 1 aromatic rings. The summed E-state index contributed by atoms with van der Waals surface area (Å²) in [6.07, 6.45) is 4.64. The van der Waals surface area contributed by atoms with Crippen molar-refractivity contribution < 1.29 is 9.90 Å². The van der Waals surface area contributed by atoms with Crippen LogP contribution in [0, 0.1) is 0 Å². The molecular weight excluding hydrogens is 292 g/mol. The molecule has 1 aliphatic rings. The molecule has 1 heterocycles. The second-order valence-corrected chi connectivity index (χ2v) is 5.43. The van der Waals surface area contributed by atoms with Gasteiger partial charge in [0.1, 0.15) is 0 Å². The van der Waals surface area contributed by atoms with Crippen LogP contribution >= 0.6 is 0 Å². The molecule has 1 aliphatic heterocycles. The van der Waals surface area contributed by atoms with Gasteiger partial charge in [-0.25, -0.2) is 4.79 Å². The van der Waals surface area contributed by atoms with E-state index >= 15 is 0 Å². The van der Waals surface area contributed by atoms with E-state index in [1.54, 1.807) is 12.3 Å². The predicted octanol–water partition coefficient (Wildman–Crippen LogP) is 3.88. The first kappa shape index (κ1) is 16.6. The summed E-state index contributed by atoms with van der Waals surface area (Å²) in [5.41, 5.74) is 10.9. The Bertz CT molecular complexity index is 660. The Balaban J connectivity index is 2.33. The lowest BCUT2D eigenvalue weighted by molar-refractivity contribution is -0.132. The van der Waals surface area contributed by atoms with Crippen molar-refractivity contribution in [2.24, 2.45) is 5.11 Å². The normalized spacial score (nSPS) is 22.7. The van der Waals surface area contributed by atoms with Crippen LogP contribution in [0.3, 0.4) is 0 Å². The van der Waals surface area contributed by atoms with E-state index in [9.17, 15) is 9.90 Å². The molecule has 1 unspecified atom stereocenters. The minimum atomic E-state index is -0.976. The van der Waals surface area contributed by atoms with Crippen LogP contribution in [0.25, 0.3) is 10.4 Å². The SMILES string of the molecule is CC/C1=C/C(C(=O)O)=C\N(Cc2ccccc2)CCC1N=[N+]=[N-]. The number of aliphatic carboxylic acids is 1. The van der Waals surface area contributed by atoms with Gasteiger partial charge in [0.15, 0.2) is 0 Å². The largest absolute Gasteiger partial charge is 0.478 e. The molecule has 0 radical (unpaired) electrons. The van der Waals surface area contributed by atoms with Gasteiger partial charge in [-0.1, -0.05) is 47.9 Å². The lowest BCUT2D eigenvalue weighted by Crippen LogP contribution is -2.26. The Labute approximate surface area is 135 Å². The fourth-order valence-corrected chi connectivity index (χ4v) is 2.66. The summed E-state index contributed by atoms with van der Waals surface area (Å²) in [6, 6.07) is 9.57. The van der Waals surface area contributed by atoms with E-state index in [1.807, 2.05) is 42.2 Å². The fourth-order valence-electron chi connectivity index (χ4n) is 2.66. The third-order valence-electron chi connectivity index (χ3n) is 3.86. The molecule has 6 nitrogen and oxygen atoms in total. The summed E-state index contributed by atoms with van der Waals surface area (Å²) in [7, 11) is 0. The highest BCUT2D eigenvalue weighted by Crippen LogP contribution is 2.22. The molecule has 2 rings (SSSR count). The minimum Gasteiger partial charge on any atom is -0.478 e. The number of hydrogen-bond donors (Lipinski definition) is 1. The standard InChI is InChI=1S/C17H20N4O2/c1-2-14-10-15(17(22)23)12-21(9-8-16(14)19-20-18)11-13-6-4-3-5-7-13/h3-7,10,12,16H,2,8-9,11H2,1H3,(H,22,23)/b14-10-,15-12+. The molecule has 0 saturated carbocycles. The molecule has 0 bridgehead atoms. The fraction of sp³-hybridized carbons (Fsp3) is 0.353. The van der Waals surface area contributed by atoms with Crippen molar-refractivity contribution in [1.29, 1.82) is 0 Å². The van der Waals surface area contributed by atoms with E-state index < -0.39 is 5.97 Å². The topological polar surface area (TPSA) is 89.3 Å². The van der Waals surface area contributed by atoms with Crippen LogP contribution in [0.15, 0.2) is 58.9 Å². The van der Waals surface area contributed by atoms with E-state index in [1.165, 1.54) is 0 Å². The Hall–Kier alpha value is -2.72. The number of carboxylic acids is 1. The maximum absolute atomic E-state index is 11.5. The highest BCUT2D eigenvalue weighted by Gasteiger charge is 2.19. The van der Waals surface area contributed by atoms with Crippen molar-refractivity contribution >= 4 is 5.97 Å².